The molecule has 9 heteroatoms. The summed E-state index contributed by atoms with van der Waals surface area (Å²) >= 11 is 1.53. The number of nitrogens with zero attached hydrogens (tertiary/aromatic N) is 2. The zero-order chi connectivity index (χ0) is 20.8. The fraction of sp³-hybridized carbons (Fsp3) is 0.350. The molecule has 0 atom stereocenters. The molecular weight excluding hydrogens is 403 g/mol. The van der Waals surface area contributed by atoms with Gasteiger partial charge in [-0.05, 0) is 48.6 Å². The molecule has 1 N–H and O–H groups in total. The van der Waals surface area contributed by atoms with Gasteiger partial charge in [0.1, 0.15) is 5.01 Å². The molecule has 0 spiro atoms. The Morgan fingerprint density at radius 1 is 1.21 bits per heavy atom. The number of alkyl halides is 3. The van der Waals surface area contributed by atoms with Crippen LogP contribution in [-0.2, 0) is 29.0 Å². The third-order valence-electron chi connectivity index (χ3n) is 4.97. The van der Waals surface area contributed by atoms with Crippen LogP contribution in [0.25, 0.3) is 16.6 Å². The van der Waals surface area contributed by atoms with Crippen molar-refractivity contribution in [2.75, 3.05) is 11.9 Å². The van der Waals surface area contributed by atoms with Crippen molar-refractivity contribution in [3.8, 4) is 10.6 Å². The summed E-state index contributed by atoms with van der Waals surface area (Å²) in [7, 11) is 0. The zero-order valence-electron chi connectivity index (χ0n) is 15.6. The second-order valence-electron chi connectivity index (χ2n) is 7.09. The molecule has 152 valence electrons. The van der Waals surface area contributed by atoms with Gasteiger partial charge in [0.2, 0.25) is 5.91 Å². The van der Waals surface area contributed by atoms with Gasteiger partial charge >= 0.3 is 12.1 Å². The maximum atomic E-state index is 12.8. The Morgan fingerprint density at radius 3 is 2.69 bits per heavy atom. The van der Waals surface area contributed by atoms with Gasteiger partial charge in [0, 0.05) is 25.6 Å². The number of thiazole rings is 1. The summed E-state index contributed by atoms with van der Waals surface area (Å²) in [6.07, 6.45) is 1.34. The Bertz CT molecular complexity index is 1030. The van der Waals surface area contributed by atoms with Crippen LogP contribution in [0.2, 0.25) is 0 Å². The number of benzene rings is 1. The van der Waals surface area contributed by atoms with Gasteiger partial charge in [0.25, 0.3) is 0 Å². The predicted octanol–water partition coefficient (Wildman–Crippen LogP) is 4.17. The number of aryl methyl sites for hydroxylation is 1. The first-order valence-corrected chi connectivity index (χ1v) is 10.00. The highest BCUT2D eigenvalue weighted by atomic mass is 32.1. The molecule has 0 bridgehead atoms. The number of aromatic nitrogens is 1. The molecule has 0 saturated carbocycles. The van der Waals surface area contributed by atoms with Crippen molar-refractivity contribution in [1.82, 2.24) is 9.88 Å². The molecule has 0 radical (unpaired) electrons. The van der Waals surface area contributed by atoms with Crippen molar-refractivity contribution in [1.29, 1.82) is 0 Å². The van der Waals surface area contributed by atoms with Crippen molar-refractivity contribution >= 4 is 34.9 Å². The number of nitrogens with one attached hydrogen (secondary N) is 1. The minimum Gasteiger partial charge on any atom is -0.330 e. The van der Waals surface area contributed by atoms with E-state index in [0.29, 0.717) is 17.7 Å². The molecule has 5 nitrogen and oxygen atoms in total. The first-order valence-electron chi connectivity index (χ1n) is 9.18. The van der Waals surface area contributed by atoms with E-state index >= 15 is 0 Å². The zero-order valence-corrected chi connectivity index (χ0v) is 16.4. The monoisotopic (exact) mass is 421 g/mol. The van der Waals surface area contributed by atoms with Gasteiger partial charge in [-0.25, -0.2) is 4.98 Å². The van der Waals surface area contributed by atoms with E-state index in [0.717, 1.165) is 44.4 Å². The third-order valence-corrected chi connectivity index (χ3v) is 6.06. The first kappa shape index (κ1) is 19.6. The number of hydrogen-bond acceptors (Lipinski definition) is 4. The van der Waals surface area contributed by atoms with E-state index < -0.39 is 12.1 Å². The summed E-state index contributed by atoms with van der Waals surface area (Å²) in [6, 6.07) is 3.54. The maximum Gasteiger partial charge on any atom is 0.471 e. The normalized spacial score (nSPS) is 15.7. The highest BCUT2D eigenvalue weighted by Crippen LogP contribution is 2.38. The molecule has 2 heterocycles. The number of carbonyl (C=O) groups excluding carboxylic acids is 2. The van der Waals surface area contributed by atoms with E-state index in [-0.39, 0.29) is 19.0 Å². The number of halogens is 3. The topological polar surface area (TPSA) is 62.3 Å². The lowest BCUT2D eigenvalue weighted by atomic mass is 9.95. The predicted molar refractivity (Wildman–Crippen MR) is 104 cm³/mol. The van der Waals surface area contributed by atoms with Crippen molar-refractivity contribution < 1.29 is 22.8 Å². The molecule has 2 aliphatic rings. The van der Waals surface area contributed by atoms with E-state index in [4.69, 9.17) is 4.98 Å². The molecule has 4 rings (SSSR count). The minimum absolute atomic E-state index is 0.00136. The van der Waals surface area contributed by atoms with Crippen LogP contribution >= 0.6 is 11.3 Å². The van der Waals surface area contributed by atoms with E-state index in [1.807, 2.05) is 12.1 Å². The van der Waals surface area contributed by atoms with Crippen molar-refractivity contribution in [3.05, 3.63) is 39.9 Å². The quantitative estimate of drug-likeness (QED) is 0.792. The Morgan fingerprint density at radius 2 is 2.00 bits per heavy atom. The van der Waals surface area contributed by atoms with E-state index in [2.05, 4.69) is 11.4 Å². The average molecular weight is 421 g/mol. The molecule has 0 fully saturated rings. The summed E-state index contributed by atoms with van der Waals surface area (Å²) in [5, 5.41) is 3.53. The maximum absolute atomic E-state index is 12.8. The highest BCUT2D eigenvalue weighted by molar-refractivity contribution is 7.16. The highest BCUT2D eigenvalue weighted by Gasteiger charge is 2.43. The number of fused-ring (bicyclic) bond motifs is 2. The molecule has 2 amide bonds. The molecule has 1 aromatic carbocycles. The summed E-state index contributed by atoms with van der Waals surface area (Å²) in [5.41, 5.74) is 3.72. The van der Waals surface area contributed by atoms with E-state index in [1.165, 1.54) is 18.3 Å². The number of anilines is 1. The lowest BCUT2D eigenvalue weighted by Gasteiger charge is -2.30. The van der Waals surface area contributed by atoms with E-state index in [1.54, 1.807) is 6.07 Å². The van der Waals surface area contributed by atoms with Crippen molar-refractivity contribution in [2.45, 2.75) is 38.9 Å². The molecule has 0 unspecified atom stereocenters. The molecule has 2 aromatic rings. The lowest BCUT2D eigenvalue weighted by Crippen LogP contribution is -2.43. The van der Waals surface area contributed by atoms with Crippen molar-refractivity contribution in [2.24, 2.45) is 0 Å². The van der Waals surface area contributed by atoms with Gasteiger partial charge in [0.15, 0.2) is 0 Å². The minimum atomic E-state index is -4.90. The number of rotatable bonds is 2. The van der Waals surface area contributed by atoms with Crippen LogP contribution in [0.4, 0.5) is 18.9 Å². The van der Waals surface area contributed by atoms with Gasteiger partial charge < -0.3 is 10.2 Å². The van der Waals surface area contributed by atoms with Crippen LogP contribution in [-0.4, -0.2) is 34.4 Å². The van der Waals surface area contributed by atoms with Crippen LogP contribution in [0.1, 0.15) is 35.0 Å². The van der Waals surface area contributed by atoms with E-state index in [9.17, 15) is 22.8 Å². The van der Waals surface area contributed by atoms with Crippen LogP contribution in [0.3, 0.4) is 0 Å². The van der Waals surface area contributed by atoms with Crippen molar-refractivity contribution in [3.63, 3.8) is 0 Å². The first-order chi connectivity index (χ1) is 13.7. The lowest BCUT2D eigenvalue weighted by molar-refractivity contribution is -0.186. The number of hydrogen-bond donors (Lipinski definition) is 1. The fourth-order valence-electron chi connectivity index (χ4n) is 3.63. The Hall–Kier alpha value is -2.68. The summed E-state index contributed by atoms with van der Waals surface area (Å²) in [6.45, 7) is 1.23. The average Bonchev–Trinajstić information content (AvgIpc) is 3.09. The SMILES string of the molecule is CC(=O)Nc1cc2c(cc1-c1nc3c(s1)C=CCC3)CCN(C(=O)C(F)(F)F)C2. The summed E-state index contributed by atoms with van der Waals surface area (Å²) in [4.78, 5) is 29.9. The summed E-state index contributed by atoms with van der Waals surface area (Å²) in [5.74, 6) is -2.13. The third kappa shape index (κ3) is 3.91. The number of carbonyl (C=O) groups is 2. The van der Waals surface area contributed by atoms with Crippen LogP contribution < -0.4 is 5.32 Å². The smallest absolute Gasteiger partial charge is 0.330 e. The Kier molecular flexibility index (Phi) is 4.94. The second-order valence-corrected chi connectivity index (χ2v) is 8.12. The summed E-state index contributed by atoms with van der Waals surface area (Å²) < 4.78 is 38.4. The second kappa shape index (κ2) is 7.29. The van der Waals surface area contributed by atoms with Gasteiger partial charge in [0.05, 0.1) is 16.3 Å². The van der Waals surface area contributed by atoms with Gasteiger partial charge in [-0.2, -0.15) is 13.2 Å². The Balaban J connectivity index is 1.73. The molecule has 0 saturated heterocycles. The Labute approximate surface area is 169 Å². The van der Waals surface area contributed by atoms with Gasteiger partial charge in [-0.1, -0.05) is 6.08 Å². The molecular formula is C20H18F3N3O2S. The van der Waals surface area contributed by atoms with Crippen LogP contribution in [0.15, 0.2) is 18.2 Å². The number of amides is 2. The van der Waals surface area contributed by atoms with Gasteiger partial charge in [-0.15, -0.1) is 11.3 Å². The van der Waals surface area contributed by atoms with Crippen LogP contribution in [0, 0.1) is 0 Å². The standard InChI is InChI=1S/C20H18F3N3O2S/c1-11(27)24-16-9-13-10-26(19(28)20(21,22)23)7-6-12(13)8-14(16)18-25-15-4-2-3-5-17(15)29-18/h3,5,8-9H,2,4,6-7,10H2,1H3,(H,24,27). The largest absolute Gasteiger partial charge is 0.471 e. The van der Waals surface area contributed by atoms with Crippen LogP contribution in [0.5, 0.6) is 0 Å². The fourth-order valence-corrected chi connectivity index (χ4v) is 4.70. The number of allylic oxidation sites excluding steroid dienone is 1. The van der Waals surface area contributed by atoms with Gasteiger partial charge in [-0.3, -0.25) is 9.59 Å². The molecule has 1 aliphatic heterocycles. The molecule has 29 heavy (non-hydrogen) atoms. The molecule has 1 aliphatic carbocycles. The molecule has 1 aromatic heterocycles.